The zero-order chi connectivity index (χ0) is 21.8. The largest absolute Gasteiger partial charge is 0.497 e. The highest BCUT2D eigenvalue weighted by Crippen LogP contribution is 2.24. The quantitative estimate of drug-likeness (QED) is 0.627. The number of carbonyl (C=O) groups is 1. The monoisotopic (exact) mass is 443 g/mol. The third kappa shape index (κ3) is 5.26. The summed E-state index contributed by atoms with van der Waals surface area (Å²) in [5.41, 5.74) is 2.68. The highest BCUT2D eigenvalue weighted by molar-refractivity contribution is 7.13. The Bertz CT molecular complexity index is 1040. The van der Waals surface area contributed by atoms with E-state index in [2.05, 4.69) is 15.2 Å². The van der Waals surface area contributed by atoms with Crippen LogP contribution in [0.1, 0.15) is 31.5 Å². The molecule has 5 nitrogen and oxygen atoms in total. The summed E-state index contributed by atoms with van der Waals surface area (Å²) in [6.07, 6.45) is 1.50. The van der Waals surface area contributed by atoms with Gasteiger partial charge in [-0.25, -0.2) is 13.8 Å². The fourth-order valence-electron chi connectivity index (χ4n) is 3.56. The summed E-state index contributed by atoms with van der Waals surface area (Å²) in [5, 5.41) is 3.40. The molecule has 2 heterocycles. The van der Waals surface area contributed by atoms with Gasteiger partial charge < -0.3 is 10.1 Å². The van der Waals surface area contributed by atoms with E-state index in [-0.39, 0.29) is 5.91 Å². The summed E-state index contributed by atoms with van der Waals surface area (Å²) < 4.78 is 31.7. The van der Waals surface area contributed by atoms with Crippen LogP contribution in [0, 0.1) is 11.6 Å². The molecule has 3 aromatic rings. The standard InChI is InChI=1S/C23H23F2N3O2S/c1-30-17-5-2-15(3-6-17)13-26-22(29)23-27-20-8-10-28(11-9-21(20)31-23)14-16-4-7-18(24)19(25)12-16/h2-7,12H,8-11,13-14H2,1H3,(H,26,29). The topological polar surface area (TPSA) is 54.5 Å². The Morgan fingerprint density at radius 1 is 1.10 bits per heavy atom. The number of benzene rings is 2. The molecule has 1 N–H and O–H groups in total. The number of fused-ring (bicyclic) bond motifs is 1. The van der Waals surface area contributed by atoms with Gasteiger partial charge in [-0.1, -0.05) is 18.2 Å². The summed E-state index contributed by atoms with van der Waals surface area (Å²) >= 11 is 1.43. The lowest BCUT2D eigenvalue weighted by Crippen LogP contribution is -2.26. The van der Waals surface area contributed by atoms with Crippen molar-refractivity contribution in [3.8, 4) is 5.75 Å². The highest BCUT2D eigenvalue weighted by Gasteiger charge is 2.21. The molecule has 0 unspecified atom stereocenters. The molecule has 1 aliphatic heterocycles. The zero-order valence-corrected chi connectivity index (χ0v) is 18.0. The van der Waals surface area contributed by atoms with E-state index in [1.807, 2.05) is 24.3 Å². The number of thiazole rings is 1. The average molecular weight is 444 g/mol. The number of nitrogens with zero attached hydrogens (tertiary/aromatic N) is 2. The van der Waals surface area contributed by atoms with Crippen LogP contribution >= 0.6 is 11.3 Å². The molecule has 0 saturated heterocycles. The summed E-state index contributed by atoms with van der Waals surface area (Å²) in [6, 6.07) is 11.6. The van der Waals surface area contributed by atoms with Gasteiger partial charge in [-0.3, -0.25) is 9.69 Å². The number of aromatic nitrogens is 1. The van der Waals surface area contributed by atoms with Crippen molar-refractivity contribution >= 4 is 17.2 Å². The van der Waals surface area contributed by atoms with Crippen molar-refractivity contribution in [2.45, 2.75) is 25.9 Å². The summed E-state index contributed by atoms with van der Waals surface area (Å²) in [7, 11) is 1.62. The number of methoxy groups -OCH3 is 1. The highest BCUT2D eigenvalue weighted by atomic mass is 32.1. The predicted molar refractivity (Wildman–Crippen MR) is 115 cm³/mol. The molecule has 2 aromatic carbocycles. The molecule has 4 rings (SSSR count). The Labute approximate surface area is 183 Å². The number of ether oxygens (including phenoxy) is 1. The van der Waals surface area contributed by atoms with E-state index >= 15 is 0 Å². The second-order valence-corrected chi connectivity index (χ2v) is 8.53. The van der Waals surface area contributed by atoms with Crippen LogP contribution in [0.3, 0.4) is 0 Å². The Morgan fingerprint density at radius 3 is 2.58 bits per heavy atom. The van der Waals surface area contributed by atoms with Gasteiger partial charge >= 0.3 is 0 Å². The van der Waals surface area contributed by atoms with Gasteiger partial charge in [-0.2, -0.15) is 0 Å². The molecule has 0 atom stereocenters. The first-order valence-electron chi connectivity index (χ1n) is 10.1. The third-order valence-electron chi connectivity index (χ3n) is 5.29. The molecule has 0 spiro atoms. The maximum absolute atomic E-state index is 13.5. The molecule has 1 amide bonds. The Morgan fingerprint density at radius 2 is 1.84 bits per heavy atom. The summed E-state index contributed by atoms with van der Waals surface area (Å²) in [6.45, 7) is 2.51. The van der Waals surface area contributed by atoms with E-state index < -0.39 is 11.6 Å². The molecule has 0 saturated carbocycles. The maximum atomic E-state index is 13.5. The smallest absolute Gasteiger partial charge is 0.280 e. The van der Waals surface area contributed by atoms with Gasteiger partial charge in [0, 0.05) is 37.5 Å². The fourth-order valence-corrected chi connectivity index (χ4v) is 4.58. The van der Waals surface area contributed by atoms with E-state index in [0.717, 1.165) is 59.4 Å². The molecule has 0 bridgehead atoms. The number of carbonyl (C=O) groups excluding carboxylic acids is 1. The van der Waals surface area contributed by atoms with Crippen LogP contribution in [0.25, 0.3) is 0 Å². The lowest BCUT2D eigenvalue weighted by Gasteiger charge is -2.19. The average Bonchev–Trinajstić information content (AvgIpc) is 3.11. The van der Waals surface area contributed by atoms with Crippen LogP contribution < -0.4 is 10.1 Å². The molecule has 1 aromatic heterocycles. The summed E-state index contributed by atoms with van der Waals surface area (Å²) in [5.74, 6) is -1.05. The van der Waals surface area contributed by atoms with Crippen molar-refractivity contribution < 1.29 is 18.3 Å². The van der Waals surface area contributed by atoms with Gasteiger partial charge in [0.2, 0.25) is 0 Å². The number of hydrogen-bond donors (Lipinski definition) is 1. The first-order valence-corrected chi connectivity index (χ1v) is 10.9. The summed E-state index contributed by atoms with van der Waals surface area (Å²) in [4.78, 5) is 20.4. The van der Waals surface area contributed by atoms with Gasteiger partial charge in [0.25, 0.3) is 5.91 Å². The number of hydrogen-bond acceptors (Lipinski definition) is 5. The Balaban J connectivity index is 1.33. The van der Waals surface area contributed by atoms with Gasteiger partial charge in [0.1, 0.15) is 5.75 Å². The number of nitrogens with one attached hydrogen (secondary N) is 1. The van der Waals surface area contributed by atoms with Gasteiger partial charge in [-0.15, -0.1) is 11.3 Å². The van der Waals surface area contributed by atoms with Crippen molar-refractivity contribution in [2.75, 3.05) is 20.2 Å². The second-order valence-electron chi connectivity index (χ2n) is 7.44. The molecule has 0 radical (unpaired) electrons. The second kappa shape index (κ2) is 9.53. The Hall–Kier alpha value is -2.84. The van der Waals surface area contributed by atoms with E-state index in [4.69, 9.17) is 4.74 Å². The molecule has 0 fully saturated rings. The van der Waals surface area contributed by atoms with Crippen molar-refractivity contribution in [1.82, 2.24) is 15.2 Å². The number of amides is 1. The van der Waals surface area contributed by atoms with Crippen molar-refractivity contribution in [2.24, 2.45) is 0 Å². The minimum Gasteiger partial charge on any atom is -0.497 e. The molecule has 8 heteroatoms. The van der Waals surface area contributed by atoms with Crippen LogP contribution in [-0.2, 0) is 25.9 Å². The molecule has 31 heavy (non-hydrogen) atoms. The minimum absolute atomic E-state index is 0.174. The van der Waals surface area contributed by atoms with E-state index in [1.54, 1.807) is 13.2 Å². The fraction of sp³-hybridized carbons (Fsp3) is 0.304. The normalized spacial score (nSPS) is 14.0. The zero-order valence-electron chi connectivity index (χ0n) is 17.2. The van der Waals surface area contributed by atoms with Gasteiger partial charge in [-0.05, 0) is 41.8 Å². The maximum Gasteiger partial charge on any atom is 0.280 e. The van der Waals surface area contributed by atoms with Crippen molar-refractivity contribution in [3.05, 3.63) is 80.8 Å². The lowest BCUT2D eigenvalue weighted by atomic mass is 10.2. The van der Waals surface area contributed by atoms with Crippen LogP contribution in [0.5, 0.6) is 5.75 Å². The van der Waals surface area contributed by atoms with Crippen LogP contribution in [0.4, 0.5) is 8.78 Å². The van der Waals surface area contributed by atoms with Crippen LogP contribution in [0.15, 0.2) is 42.5 Å². The molecule has 162 valence electrons. The predicted octanol–water partition coefficient (Wildman–Crippen LogP) is 3.96. The third-order valence-corrected chi connectivity index (χ3v) is 6.45. The van der Waals surface area contributed by atoms with E-state index in [1.165, 1.54) is 17.4 Å². The van der Waals surface area contributed by atoms with Gasteiger partial charge in [0.15, 0.2) is 16.6 Å². The van der Waals surface area contributed by atoms with Crippen LogP contribution in [0.2, 0.25) is 0 Å². The molecular weight excluding hydrogens is 420 g/mol. The Kier molecular flexibility index (Phi) is 6.58. The van der Waals surface area contributed by atoms with Crippen molar-refractivity contribution in [1.29, 1.82) is 0 Å². The lowest BCUT2D eigenvalue weighted by molar-refractivity contribution is 0.0950. The molecular formula is C23H23F2N3O2S. The van der Waals surface area contributed by atoms with Crippen molar-refractivity contribution in [3.63, 3.8) is 0 Å². The number of halogens is 2. The minimum atomic E-state index is -0.830. The number of rotatable bonds is 6. The van der Waals surface area contributed by atoms with E-state index in [9.17, 15) is 13.6 Å². The molecule has 0 aliphatic carbocycles. The van der Waals surface area contributed by atoms with Crippen LogP contribution in [-0.4, -0.2) is 36.0 Å². The SMILES string of the molecule is COc1ccc(CNC(=O)c2nc3c(s2)CCN(Cc2ccc(F)c(F)c2)CC3)cc1. The first kappa shape index (κ1) is 21.4. The molecule has 1 aliphatic rings. The van der Waals surface area contributed by atoms with Gasteiger partial charge in [0.05, 0.1) is 12.8 Å². The first-order chi connectivity index (χ1) is 15.0. The van der Waals surface area contributed by atoms with E-state index in [0.29, 0.717) is 18.1 Å².